The zero-order valence-corrected chi connectivity index (χ0v) is 14.5. The maximum atomic E-state index is 12.7. The first kappa shape index (κ1) is 19.3. The summed E-state index contributed by atoms with van der Waals surface area (Å²) in [6.07, 6.45) is -3.31. The molecule has 0 radical (unpaired) electrons. The lowest BCUT2D eigenvalue weighted by atomic mass is 10.3. The Hall–Kier alpha value is -2.00. The topological polar surface area (TPSA) is 66.2 Å². The zero-order valence-electron chi connectivity index (χ0n) is 13.0. The SMILES string of the molecule is COc1ncc(COC(=O)Cn2nc(C(F)(F)F)c(Cl)c2C)cc1Cl. The van der Waals surface area contributed by atoms with Gasteiger partial charge < -0.3 is 9.47 Å². The molecule has 0 fully saturated rings. The molecule has 2 rings (SSSR count). The largest absolute Gasteiger partial charge is 0.480 e. The Balaban J connectivity index is 2.02. The van der Waals surface area contributed by atoms with Crippen molar-refractivity contribution in [2.24, 2.45) is 0 Å². The minimum atomic E-state index is -4.71. The van der Waals surface area contributed by atoms with Crippen molar-refractivity contribution in [3.8, 4) is 5.88 Å². The second-order valence-corrected chi connectivity index (χ2v) is 5.68. The molecular weight excluding hydrogens is 386 g/mol. The smallest absolute Gasteiger partial charge is 0.436 e. The van der Waals surface area contributed by atoms with Crippen molar-refractivity contribution in [1.29, 1.82) is 0 Å². The third-order valence-electron chi connectivity index (χ3n) is 3.14. The van der Waals surface area contributed by atoms with Crippen LogP contribution in [0.15, 0.2) is 12.3 Å². The third kappa shape index (κ3) is 4.55. The highest BCUT2D eigenvalue weighted by Gasteiger charge is 2.38. The molecule has 0 N–H and O–H groups in total. The summed E-state index contributed by atoms with van der Waals surface area (Å²) in [5.74, 6) is -0.568. The molecular formula is C14H12Cl2F3N3O3. The molecule has 2 aromatic heterocycles. The number of hydrogen-bond donors (Lipinski definition) is 0. The summed E-state index contributed by atoms with van der Waals surface area (Å²) in [6, 6.07) is 1.50. The maximum absolute atomic E-state index is 12.7. The number of aromatic nitrogens is 3. The van der Waals surface area contributed by atoms with Crippen molar-refractivity contribution in [3.63, 3.8) is 0 Å². The van der Waals surface area contributed by atoms with Gasteiger partial charge in [0.2, 0.25) is 5.88 Å². The van der Waals surface area contributed by atoms with Crippen LogP contribution in [-0.2, 0) is 28.9 Å². The second-order valence-electron chi connectivity index (χ2n) is 4.90. The molecule has 0 spiro atoms. The molecule has 136 valence electrons. The van der Waals surface area contributed by atoms with E-state index in [1.54, 1.807) is 0 Å². The number of carbonyl (C=O) groups excluding carboxylic acids is 1. The molecule has 0 aliphatic rings. The van der Waals surface area contributed by atoms with Gasteiger partial charge in [0.1, 0.15) is 18.2 Å². The monoisotopic (exact) mass is 397 g/mol. The highest BCUT2D eigenvalue weighted by molar-refractivity contribution is 6.32. The molecule has 0 bridgehead atoms. The van der Waals surface area contributed by atoms with E-state index in [0.717, 1.165) is 4.68 Å². The summed E-state index contributed by atoms with van der Waals surface area (Å²) in [5, 5.41) is 3.01. The lowest BCUT2D eigenvalue weighted by molar-refractivity contribution is -0.147. The summed E-state index contributed by atoms with van der Waals surface area (Å²) >= 11 is 11.5. The number of ether oxygens (including phenoxy) is 2. The molecule has 25 heavy (non-hydrogen) atoms. The fraction of sp³-hybridized carbons (Fsp3) is 0.357. The second kappa shape index (κ2) is 7.49. The van der Waals surface area contributed by atoms with Crippen LogP contribution in [0.2, 0.25) is 10.0 Å². The Morgan fingerprint density at radius 3 is 2.56 bits per heavy atom. The Kier molecular flexibility index (Phi) is 5.79. The van der Waals surface area contributed by atoms with Gasteiger partial charge >= 0.3 is 12.1 Å². The van der Waals surface area contributed by atoms with E-state index in [9.17, 15) is 18.0 Å². The van der Waals surface area contributed by atoms with Crippen LogP contribution >= 0.6 is 23.2 Å². The highest BCUT2D eigenvalue weighted by atomic mass is 35.5. The fourth-order valence-corrected chi connectivity index (χ4v) is 2.39. The van der Waals surface area contributed by atoms with E-state index in [4.69, 9.17) is 32.7 Å². The summed E-state index contributed by atoms with van der Waals surface area (Å²) in [5.41, 5.74) is -0.740. The van der Waals surface area contributed by atoms with Gasteiger partial charge in [0.05, 0.1) is 17.8 Å². The Morgan fingerprint density at radius 1 is 1.36 bits per heavy atom. The summed E-state index contributed by atoms with van der Waals surface area (Å²) in [4.78, 5) is 15.7. The fourth-order valence-electron chi connectivity index (χ4n) is 1.89. The van der Waals surface area contributed by atoms with Crippen molar-refractivity contribution in [2.75, 3.05) is 7.11 Å². The average molecular weight is 398 g/mol. The van der Waals surface area contributed by atoms with Gasteiger partial charge in [-0.15, -0.1) is 0 Å². The number of rotatable bonds is 5. The van der Waals surface area contributed by atoms with Gasteiger partial charge in [-0.05, 0) is 13.0 Å². The molecule has 0 saturated carbocycles. The zero-order chi connectivity index (χ0) is 18.8. The van der Waals surface area contributed by atoms with E-state index in [1.807, 2.05) is 0 Å². The van der Waals surface area contributed by atoms with Crippen LogP contribution in [0.4, 0.5) is 13.2 Å². The van der Waals surface area contributed by atoms with Gasteiger partial charge in [0, 0.05) is 11.8 Å². The first-order valence-electron chi connectivity index (χ1n) is 6.77. The number of alkyl halides is 3. The number of carbonyl (C=O) groups is 1. The molecule has 2 aromatic rings. The van der Waals surface area contributed by atoms with Crippen molar-refractivity contribution >= 4 is 29.2 Å². The van der Waals surface area contributed by atoms with Gasteiger partial charge in [-0.25, -0.2) is 4.98 Å². The van der Waals surface area contributed by atoms with Crippen LogP contribution in [0.5, 0.6) is 5.88 Å². The minimum absolute atomic E-state index is 0.0140. The quantitative estimate of drug-likeness (QED) is 0.720. The van der Waals surface area contributed by atoms with Crippen LogP contribution in [0, 0.1) is 6.92 Å². The Morgan fingerprint density at radius 2 is 2.04 bits per heavy atom. The molecule has 11 heteroatoms. The third-order valence-corrected chi connectivity index (χ3v) is 3.86. The lowest BCUT2D eigenvalue weighted by Crippen LogP contribution is -2.16. The van der Waals surface area contributed by atoms with E-state index in [1.165, 1.54) is 26.3 Å². The van der Waals surface area contributed by atoms with Crippen LogP contribution in [-0.4, -0.2) is 27.8 Å². The van der Waals surface area contributed by atoms with E-state index < -0.39 is 29.4 Å². The van der Waals surface area contributed by atoms with Gasteiger partial charge in [0.15, 0.2) is 5.69 Å². The standard InChI is InChI=1S/C14H12Cl2F3N3O3/c1-7-11(16)12(14(17,18)19)21-22(7)5-10(23)25-6-8-3-9(15)13(24-2)20-4-8/h3-4H,5-6H2,1-2H3. The van der Waals surface area contributed by atoms with Crippen molar-refractivity contribution in [1.82, 2.24) is 14.8 Å². The summed E-state index contributed by atoms with van der Waals surface area (Å²) in [6.45, 7) is 0.652. The highest BCUT2D eigenvalue weighted by Crippen LogP contribution is 2.35. The van der Waals surface area contributed by atoms with Crippen LogP contribution in [0.1, 0.15) is 17.0 Å². The number of pyridine rings is 1. The minimum Gasteiger partial charge on any atom is -0.480 e. The van der Waals surface area contributed by atoms with Gasteiger partial charge in [-0.1, -0.05) is 23.2 Å². The molecule has 0 saturated heterocycles. The lowest BCUT2D eigenvalue weighted by Gasteiger charge is -2.08. The predicted octanol–water partition coefficient (Wildman–Crippen LogP) is 3.66. The Labute approximate surface area is 150 Å². The van der Waals surface area contributed by atoms with Crippen molar-refractivity contribution in [2.45, 2.75) is 26.3 Å². The van der Waals surface area contributed by atoms with Crippen LogP contribution in [0.25, 0.3) is 0 Å². The molecule has 2 heterocycles. The number of esters is 1. The number of methoxy groups -OCH3 is 1. The van der Waals surface area contributed by atoms with E-state index in [2.05, 4.69) is 10.1 Å². The number of halogens is 5. The maximum Gasteiger partial charge on any atom is 0.436 e. The average Bonchev–Trinajstić information content (AvgIpc) is 2.81. The predicted molar refractivity (Wildman–Crippen MR) is 82.6 cm³/mol. The van der Waals surface area contributed by atoms with E-state index in [-0.39, 0.29) is 23.2 Å². The molecule has 0 atom stereocenters. The molecule has 0 unspecified atom stereocenters. The van der Waals surface area contributed by atoms with Gasteiger partial charge in [-0.2, -0.15) is 18.3 Å². The van der Waals surface area contributed by atoms with Crippen molar-refractivity contribution in [3.05, 3.63) is 39.3 Å². The van der Waals surface area contributed by atoms with E-state index in [0.29, 0.717) is 5.56 Å². The molecule has 6 nitrogen and oxygen atoms in total. The van der Waals surface area contributed by atoms with Gasteiger partial charge in [-0.3, -0.25) is 9.48 Å². The number of hydrogen-bond acceptors (Lipinski definition) is 5. The Bertz CT molecular complexity index is 794. The molecule has 0 amide bonds. The molecule has 0 aliphatic carbocycles. The summed E-state index contributed by atoms with van der Waals surface area (Å²) < 4.78 is 48.9. The van der Waals surface area contributed by atoms with E-state index >= 15 is 0 Å². The molecule has 0 aromatic carbocycles. The normalized spacial score (nSPS) is 11.5. The first-order valence-corrected chi connectivity index (χ1v) is 7.53. The van der Waals surface area contributed by atoms with Crippen LogP contribution < -0.4 is 4.74 Å². The molecule has 0 aliphatic heterocycles. The number of nitrogens with zero attached hydrogens (tertiary/aromatic N) is 3. The van der Waals surface area contributed by atoms with Crippen LogP contribution in [0.3, 0.4) is 0 Å². The first-order chi connectivity index (χ1) is 11.6. The summed E-state index contributed by atoms with van der Waals surface area (Å²) in [7, 11) is 1.40. The van der Waals surface area contributed by atoms with Gasteiger partial charge in [0.25, 0.3) is 0 Å². The van der Waals surface area contributed by atoms with Crippen molar-refractivity contribution < 1.29 is 27.4 Å².